The number of carbonyl (C=O) groups excluding carboxylic acids is 1. The van der Waals surface area contributed by atoms with E-state index in [-0.39, 0.29) is 24.1 Å². The maximum Gasteiger partial charge on any atom is 0.416 e. The van der Waals surface area contributed by atoms with Gasteiger partial charge in [0.25, 0.3) is 5.91 Å². The van der Waals surface area contributed by atoms with Crippen molar-refractivity contribution in [1.82, 2.24) is 34.4 Å². The molecule has 0 spiro atoms. The molecule has 1 aliphatic rings. The van der Waals surface area contributed by atoms with Crippen LogP contribution in [0, 0.1) is 5.92 Å². The molecule has 1 amide bonds. The van der Waals surface area contributed by atoms with E-state index in [9.17, 15) is 27.9 Å². The minimum absolute atomic E-state index is 0.0860. The van der Waals surface area contributed by atoms with Gasteiger partial charge >= 0.3 is 11.9 Å². The van der Waals surface area contributed by atoms with Gasteiger partial charge in [0.2, 0.25) is 0 Å². The molecule has 0 saturated heterocycles. The van der Waals surface area contributed by atoms with E-state index >= 15 is 0 Å². The number of nitrogens with zero attached hydrogens (tertiary/aromatic N) is 6. The average molecular weight is 562 g/mol. The van der Waals surface area contributed by atoms with Crippen LogP contribution in [0.5, 0.6) is 0 Å². The number of hydrogen-bond acceptors (Lipinski definition) is 6. The van der Waals surface area contributed by atoms with Crippen LogP contribution in [-0.2, 0) is 13.1 Å². The number of aliphatic hydroxyl groups excluding tert-OH is 1. The molecule has 1 fully saturated rings. The molecule has 14 heteroatoms. The van der Waals surface area contributed by atoms with E-state index in [1.165, 1.54) is 35.3 Å². The minimum atomic E-state index is -4.93. The monoisotopic (exact) mass is 561 g/mol. The molecule has 0 radical (unpaired) electrons. The summed E-state index contributed by atoms with van der Waals surface area (Å²) in [6.45, 7) is -0.719. The molecule has 39 heavy (non-hydrogen) atoms. The summed E-state index contributed by atoms with van der Waals surface area (Å²) in [5, 5.41) is 21.5. The van der Waals surface area contributed by atoms with Crippen LogP contribution >= 0.6 is 11.6 Å². The van der Waals surface area contributed by atoms with E-state index < -0.39 is 24.5 Å². The lowest BCUT2D eigenvalue weighted by Gasteiger charge is -2.15. The van der Waals surface area contributed by atoms with Gasteiger partial charge in [-0.1, -0.05) is 23.7 Å². The SMILES string of the molecule is O=C(NCC1CC1)c1ccccc1-n1cnc(Cn2nc(-c3ccc(Cl)cc3)n(CC(O)C(F)(F)F)c2=O)n1. The number of rotatable bonds is 9. The largest absolute Gasteiger partial charge is 0.416 e. The molecule has 2 aromatic heterocycles. The van der Waals surface area contributed by atoms with Gasteiger partial charge in [0.05, 0.1) is 17.8 Å². The minimum Gasteiger partial charge on any atom is -0.382 e. The fourth-order valence-electron chi connectivity index (χ4n) is 3.94. The van der Waals surface area contributed by atoms with Crippen molar-refractivity contribution in [3.63, 3.8) is 0 Å². The van der Waals surface area contributed by atoms with Crippen molar-refractivity contribution in [3.05, 3.63) is 81.8 Å². The lowest BCUT2D eigenvalue weighted by molar-refractivity contribution is -0.207. The van der Waals surface area contributed by atoms with Crippen molar-refractivity contribution < 1.29 is 23.1 Å². The topological polar surface area (TPSA) is 120 Å². The first-order chi connectivity index (χ1) is 18.6. The molecule has 10 nitrogen and oxygen atoms in total. The van der Waals surface area contributed by atoms with Gasteiger partial charge in [-0.15, -0.1) is 10.2 Å². The Morgan fingerprint density at radius 3 is 2.54 bits per heavy atom. The predicted molar refractivity (Wildman–Crippen MR) is 135 cm³/mol. The zero-order chi connectivity index (χ0) is 27.7. The Bertz CT molecular complexity index is 1540. The quantitative estimate of drug-likeness (QED) is 0.324. The van der Waals surface area contributed by atoms with E-state index in [2.05, 4.69) is 20.5 Å². The molecule has 2 heterocycles. The normalized spacial score (nSPS) is 14.4. The first kappa shape index (κ1) is 26.6. The van der Waals surface area contributed by atoms with Crippen molar-refractivity contribution in [3.8, 4) is 17.1 Å². The van der Waals surface area contributed by atoms with E-state index in [0.29, 0.717) is 34.3 Å². The summed E-state index contributed by atoms with van der Waals surface area (Å²) in [4.78, 5) is 30.0. The standard InChI is InChI=1S/C25H23ClF3N7O3/c26-17-9-7-16(8-10-17)22-33-35(24(39)34(22)12-20(37)25(27,28)29)13-21-31-14-36(32-21)19-4-2-1-3-18(19)23(38)30-11-15-5-6-15/h1-4,7-10,14-15,20,37H,5-6,11-13H2,(H,30,38). The fourth-order valence-corrected chi connectivity index (χ4v) is 4.06. The Hall–Kier alpha value is -3.97. The third kappa shape index (κ3) is 6.04. The van der Waals surface area contributed by atoms with Crippen LogP contribution in [0.4, 0.5) is 13.2 Å². The third-order valence-electron chi connectivity index (χ3n) is 6.23. The molecule has 1 atom stereocenters. The van der Waals surface area contributed by atoms with Gasteiger partial charge in [0.1, 0.15) is 12.9 Å². The van der Waals surface area contributed by atoms with Gasteiger partial charge in [-0.3, -0.25) is 9.36 Å². The van der Waals surface area contributed by atoms with E-state index in [1.807, 2.05) is 0 Å². The van der Waals surface area contributed by atoms with Gasteiger partial charge in [-0.25, -0.2) is 19.1 Å². The predicted octanol–water partition coefficient (Wildman–Crippen LogP) is 3.06. The Labute approximate surface area is 224 Å². The molecule has 2 aromatic carbocycles. The molecular weight excluding hydrogens is 539 g/mol. The summed E-state index contributed by atoms with van der Waals surface area (Å²) in [6, 6.07) is 12.8. The first-order valence-corrected chi connectivity index (χ1v) is 12.4. The highest BCUT2D eigenvalue weighted by Crippen LogP contribution is 2.28. The number of para-hydroxylation sites is 1. The number of carbonyl (C=O) groups is 1. The smallest absolute Gasteiger partial charge is 0.382 e. The molecule has 1 unspecified atom stereocenters. The van der Waals surface area contributed by atoms with Crippen LogP contribution in [0.25, 0.3) is 17.1 Å². The number of nitrogens with one attached hydrogen (secondary N) is 1. The molecule has 1 aliphatic carbocycles. The molecule has 0 bridgehead atoms. The van der Waals surface area contributed by atoms with E-state index in [1.54, 1.807) is 24.3 Å². The first-order valence-electron chi connectivity index (χ1n) is 12.1. The summed E-state index contributed by atoms with van der Waals surface area (Å²) in [7, 11) is 0. The van der Waals surface area contributed by atoms with Gasteiger partial charge in [0.15, 0.2) is 17.8 Å². The second kappa shape index (κ2) is 10.7. The van der Waals surface area contributed by atoms with Crippen LogP contribution in [0.2, 0.25) is 5.02 Å². The lowest BCUT2D eigenvalue weighted by Crippen LogP contribution is -2.37. The fraction of sp³-hybridized carbons (Fsp3) is 0.320. The van der Waals surface area contributed by atoms with Crippen LogP contribution < -0.4 is 11.0 Å². The number of benzene rings is 2. The molecule has 204 valence electrons. The lowest BCUT2D eigenvalue weighted by atomic mass is 10.1. The number of hydrogen-bond donors (Lipinski definition) is 2. The van der Waals surface area contributed by atoms with Crippen molar-refractivity contribution in [1.29, 1.82) is 0 Å². The molecular formula is C25H23ClF3N7O3. The Balaban J connectivity index is 1.43. The summed E-state index contributed by atoms with van der Waals surface area (Å²) >= 11 is 5.92. The summed E-state index contributed by atoms with van der Waals surface area (Å²) in [5.41, 5.74) is 0.300. The van der Waals surface area contributed by atoms with Crippen LogP contribution in [0.1, 0.15) is 29.0 Å². The molecule has 5 rings (SSSR count). The molecule has 4 aromatic rings. The van der Waals surface area contributed by atoms with Crippen molar-refractivity contribution in [2.24, 2.45) is 5.92 Å². The number of aromatic nitrogens is 6. The number of alkyl halides is 3. The summed E-state index contributed by atoms with van der Waals surface area (Å²) in [5.74, 6) is 0.304. The number of halogens is 4. The zero-order valence-electron chi connectivity index (χ0n) is 20.3. The highest BCUT2D eigenvalue weighted by molar-refractivity contribution is 6.30. The maximum absolute atomic E-state index is 13.1. The number of amides is 1. The summed E-state index contributed by atoms with van der Waals surface area (Å²) < 4.78 is 42.3. The number of aliphatic hydroxyl groups is 1. The molecule has 0 aliphatic heterocycles. The van der Waals surface area contributed by atoms with Gasteiger partial charge in [-0.2, -0.15) is 13.2 Å². The Morgan fingerprint density at radius 1 is 1.13 bits per heavy atom. The average Bonchev–Trinajstić information content (AvgIpc) is 3.55. The second-order valence-corrected chi connectivity index (χ2v) is 9.65. The van der Waals surface area contributed by atoms with Crippen molar-refractivity contribution in [2.45, 2.75) is 38.2 Å². The van der Waals surface area contributed by atoms with E-state index in [4.69, 9.17) is 11.6 Å². The molecule has 2 N–H and O–H groups in total. The van der Waals surface area contributed by atoms with Gasteiger partial charge in [-0.05, 0) is 55.2 Å². The molecule has 1 saturated carbocycles. The second-order valence-electron chi connectivity index (χ2n) is 9.21. The third-order valence-corrected chi connectivity index (χ3v) is 6.48. The Morgan fingerprint density at radius 2 is 1.85 bits per heavy atom. The van der Waals surface area contributed by atoms with Crippen molar-refractivity contribution in [2.75, 3.05) is 6.54 Å². The van der Waals surface area contributed by atoms with Gasteiger partial charge < -0.3 is 10.4 Å². The summed E-state index contributed by atoms with van der Waals surface area (Å²) in [6.07, 6.45) is -4.15. The van der Waals surface area contributed by atoms with Crippen LogP contribution in [-0.4, -0.2) is 59.0 Å². The van der Waals surface area contributed by atoms with Crippen LogP contribution in [0.15, 0.2) is 59.7 Å². The van der Waals surface area contributed by atoms with Crippen molar-refractivity contribution >= 4 is 17.5 Å². The highest BCUT2D eigenvalue weighted by Gasteiger charge is 2.39. The Kier molecular flexibility index (Phi) is 7.28. The van der Waals surface area contributed by atoms with Gasteiger partial charge in [0, 0.05) is 17.1 Å². The highest BCUT2D eigenvalue weighted by atomic mass is 35.5. The maximum atomic E-state index is 13.1. The zero-order valence-corrected chi connectivity index (χ0v) is 21.1. The van der Waals surface area contributed by atoms with E-state index in [0.717, 1.165) is 22.1 Å². The van der Waals surface area contributed by atoms with Crippen LogP contribution in [0.3, 0.4) is 0 Å².